The van der Waals surface area contributed by atoms with Crippen LogP contribution in [0.1, 0.15) is 31.1 Å². The van der Waals surface area contributed by atoms with Crippen LogP contribution in [0, 0.1) is 0 Å². The van der Waals surface area contributed by atoms with E-state index in [9.17, 15) is 22.8 Å². The topological polar surface area (TPSA) is 136 Å². The van der Waals surface area contributed by atoms with Gasteiger partial charge in [0.25, 0.3) is 10.0 Å². The van der Waals surface area contributed by atoms with Crippen molar-refractivity contribution in [1.82, 2.24) is 0 Å². The molecule has 0 saturated carbocycles. The number of carboxylic acid groups (broad SMARTS) is 1. The van der Waals surface area contributed by atoms with Gasteiger partial charge in [-0.1, -0.05) is 0 Å². The van der Waals surface area contributed by atoms with Crippen molar-refractivity contribution < 1.29 is 37.4 Å². The van der Waals surface area contributed by atoms with Gasteiger partial charge in [-0.3, -0.25) is 4.72 Å². The molecule has 0 aliphatic heterocycles. The number of benzene rings is 2. The standard InChI is InChI=1S/C17H15NO8S/c1-25-16(21)11-5-8-13(17(22)26-2)14(9-11)27(23,24)18-12-6-3-10(4-7-12)15(19)20/h3-9,18H,1-2H3,(H,19,20). The summed E-state index contributed by atoms with van der Waals surface area (Å²) in [5.74, 6) is -2.86. The molecule has 2 N–H and O–H groups in total. The fourth-order valence-corrected chi connectivity index (χ4v) is 3.44. The van der Waals surface area contributed by atoms with Crippen LogP contribution >= 0.6 is 0 Å². The van der Waals surface area contributed by atoms with Crippen molar-refractivity contribution in [3.05, 3.63) is 59.2 Å². The van der Waals surface area contributed by atoms with E-state index in [4.69, 9.17) is 5.11 Å². The van der Waals surface area contributed by atoms with Gasteiger partial charge in [-0.25, -0.2) is 22.8 Å². The Morgan fingerprint density at radius 2 is 1.44 bits per heavy atom. The van der Waals surface area contributed by atoms with Crippen molar-refractivity contribution in [1.29, 1.82) is 0 Å². The van der Waals surface area contributed by atoms with Gasteiger partial charge in [0.1, 0.15) is 4.90 Å². The van der Waals surface area contributed by atoms with E-state index in [1.807, 2.05) is 0 Å². The monoisotopic (exact) mass is 393 g/mol. The number of carboxylic acids is 1. The Labute approximate surface area is 154 Å². The third-order valence-corrected chi connectivity index (χ3v) is 4.90. The van der Waals surface area contributed by atoms with Gasteiger partial charge in [-0.15, -0.1) is 0 Å². The predicted octanol–water partition coefficient (Wildman–Crippen LogP) is 1.76. The molecule has 0 spiro atoms. The lowest BCUT2D eigenvalue weighted by molar-refractivity contribution is 0.0583. The molecule has 2 aromatic carbocycles. The minimum absolute atomic E-state index is 0.0270. The van der Waals surface area contributed by atoms with E-state index in [2.05, 4.69) is 14.2 Å². The van der Waals surface area contributed by atoms with Gasteiger partial charge >= 0.3 is 17.9 Å². The first-order chi connectivity index (χ1) is 12.7. The van der Waals surface area contributed by atoms with E-state index in [0.29, 0.717) is 0 Å². The predicted molar refractivity (Wildman–Crippen MR) is 93.3 cm³/mol. The molecule has 10 heteroatoms. The quantitative estimate of drug-likeness (QED) is 0.709. The van der Waals surface area contributed by atoms with E-state index >= 15 is 0 Å². The summed E-state index contributed by atoms with van der Waals surface area (Å²) in [7, 11) is -2.08. The summed E-state index contributed by atoms with van der Waals surface area (Å²) in [5, 5.41) is 8.88. The third kappa shape index (κ3) is 4.42. The molecular formula is C17H15NO8S. The summed E-state index contributed by atoms with van der Waals surface area (Å²) in [6.45, 7) is 0. The smallest absolute Gasteiger partial charge is 0.339 e. The summed E-state index contributed by atoms with van der Waals surface area (Å²) >= 11 is 0. The average Bonchev–Trinajstić information content (AvgIpc) is 2.66. The van der Waals surface area contributed by atoms with Crippen LogP contribution in [0.15, 0.2) is 47.4 Å². The SMILES string of the molecule is COC(=O)c1ccc(C(=O)OC)c(S(=O)(=O)Nc2ccc(C(=O)O)cc2)c1. The highest BCUT2D eigenvalue weighted by Gasteiger charge is 2.25. The number of aromatic carboxylic acids is 1. The summed E-state index contributed by atoms with van der Waals surface area (Å²) in [5.41, 5.74) is -0.313. The summed E-state index contributed by atoms with van der Waals surface area (Å²) in [6.07, 6.45) is 0. The molecule has 9 nitrogen and oxygen atoms in total. The van der Waals surface area contributed by atoms with Crippen molar-refractivity contribution in [2.24, 2.45) is 0 Å². The molecule has 0 saturated heterocycles. The molecule has 27 heavy (non-hydrogen) atoms. The minimum atomic E-state index is -4.30. The van der Waals surface area contributed by atoms with Gasteiger partial charge in [0.05, 0.1) is 30.9 Å². The van der Waals surface area contributed by atoms with Crippen molar-refractivity contribution in [3.8, 4) is 0 Å². The lowest BCUT2D eigenvalue weighted by atomic mass is 10.1. The number of carbonyl (C=O) groups excluding carboxylic acids is 2. The van der Waals surface area contributed by atoms with Gasteiger partial charge in [0.2, 0.25) is 0 Å². The van der Waals surface area contributed by atoms with E-state index in [1.165, 1.54) is 30.3 Å². The maximum Gasteiger partial charge on any atom is 0.339 e. The zero-order chi connectivity index (χ0) is 20.2. The van der Waals surface area contributed by atoms with Crippen LogP contribution in [0.4, 0.5) is 5.69 Å². The van der Waals surface area contributed by atoms with Gasteiger partial charge < -0.3 is 14.6 Å². The minimum Gasteiger partial charge on any atom is -0.478 e. The van der Waals surface area contributed by atoms with Crippen LogP contribution in [-0.4, -0.2) is 45.7 Å². The fraction of sp³-hybridized carbons (Fsp3) is 0.118. The van der Waals surface area contributed by atoms with Crippen molar-refractivity contribution in [2.45, 2.75) is 4.90 Å². The molecule has 0 radical (unpaired) electrons. The molecular weight excluding hydrogens is 378 g/mol. The average molecular weight is 393 g/mol. The van der Waals surface area contributed by atoms with Crippen LogP contribution < -0.4 is 4.72 Å². The number of esters is 2. The number of nitrogens with one attached hydrogen (secondary N) is 1. The highest BCUT2D eigenvalue weighted by atomic mass is 32.2. The summed E-state index contributed by atoms with van der Waals surface area (Å²) in [6, 6.07) is 8.30. The first-order valence-corrected chi connectivity index (χ1v) is 8.84. The molecule has 0 heterocycles. The third-order valence-electron chi connectivity index (χ3n) is 3.48. The second-order valence-corrected chi connectivity index (χ2v) is 6.83. The van der Waals surface area contributed by atoms with Crippen LogP contribution in [0.2, 0.25) is 0 Å². The number of ether oxygens (including phenoxy) is 2. The number of hydrogen-bond donors (Lipinski definition) is 2. The first kappa shape index (κ1) is 19.9. The van der Waals surface area contributed by atoms with Crippen LogP contribution in [0.25, 0.3) is 0 Å². The van der Waals surface area contributed by atoms with Crippen LogP contribution in [0.3, 0.4) is 0 Å². The van der Waals surface area contributed by atoms with Gasteiger partial charge in [0, 0.05) is 5.69 Å². The molecule has 2 rings (SSSR count). The molecule has 0 aliphatic rings. The Hall–Kier alpha value is -3.40. The highest BCUT2D eigenvalue weighted by Crippen LogP contribution is 2.23. The largest absolute Gasteiger partial charge is 0.478 e. The number of hydrogen-bond acceptors (Lipinski definition) is 7. The molecule has 0 unspecified atom stereocenters. The van der Waals surface area contributed by atoms with E-state index in [-0.39, 0.29) is 22.4 Å². The Kier molecular flexibility index (Phi) is 5.81. The first-order valence-electron chi connectivity index (χ1n) is 7.36. The summed E-state index contributed by atoms with van der Waals surface area (Å²) in [4.78, 5) is 34.0. The molecule has 142 valence electrons. The van der Waals surface area contributed by atoms with Crippen molar-refractivity contribution in [3.63, 3.8) is 0 Å². The Bertz CT molecular complexity index is 996. The second kappa shape index (κ2) is 7.87. The van der Waals surface area contributed by atoms with Crippen molar-refractivity contribution >= 4 is 33.6 Å². The molecule has 0 aliphatic carbocycles. The molecule has 0 fully saturated rings. The second-order valence-electron chi connectivity index (χ2n) is 5.18. The Balaban J connectivity index is 2.50. The highest BCUT2D eigenvalue weighted by molar-refractivity contribution is 7.92. The molecule has 2 aromatic rings. The number of carbonyl (C=O) groups is 3. The van der Waals surface area contributed by atoms with E-state index < -0.39 is 32.8 Å². The zero-order valence-corrected chi connectivity index (χ0v) is 15.1. The lowest BCUT2D eigenvalue weighted by Gasteiger charge is -2.12. The van der Waals surface area contributed by atoms with Crippen molar-refractivity contribution in [2.75, 3.05) is 18.9 Å². The van der Waals surface area contributed by atoms with Crippen LogP contribution in [0.5, 0.6) is 0 Å². The lowest BCUT2D eigenvalue weighted by Crippen LogP contribution is -2.19. The van der Waals surface area contributed by atoms with Gasteiger partial charge in [-0.2, -0.15) is 0 Å². The normalized spacial score (nSPS) is 10.7. The van der Waals surface area contributed by atoms with Crippen LogP contribution in [-0.2, 0) is 19.5 Å². The number of rotatable bonds is 6. The van der Waals surface area contributed by atoms with E-state index in [1.54, 1.807) is 0 Å². The zero-order valence-electron chi connectivity index (χ0n) is 14.3. The molecule has 0 atom stereocenters. The van der Waals surface area contributed by atoms with E-state index in [0.717, 1.165) is 26.4 Å². The Morgan fingerprint density at radius 3 is 1.96 bits per heavy atom. The fourth-order valence-electron chi connectivity index (χ4n) is 2.16. The molecule has 0 aromatic heterocycles. The number of sulfonamides is 1. The van der Waals surface area contributed by atoms with Gasteiger partial charge in [0.15, 0.2) is 0 Å². The maximum atomic E-state index is 12.7. The summed E-state index contributed by atoms with van der Waals surface area (Å²) < 4.78 is 36.8. The molecule has 0 bridgehead atoms. The maximum absolute atomic E-state index is 12.7. The number of methoxy groups -OCH3 is 2. The van der Waals surface area contributed by atoms with Gasteiger partial charge in [-0.05, 0) is 42.5 Å². The molecule has 0 amide bonds. The Morgan fingerprint density at radius 1 is 0.889 bits per heavy atom. The number of anilines is 1.